The molecule has 26 heavy (non-hydrogen) atoms. The maximum atomic E-state index is 6.24. The molecule has 146 valence electrons. The highest BCUT2D eigenvalue weighted by molar-refractivity contribution is 5.13. The maximum Gasteiger partial charge on any atom is 0.163 e. The van der Waals surface area contributed by atoms with Crippen molar-refractivity contribution < 1.29 is 14.2 Å². The Morgan fingerprint density at radius 2 is 1.81 bits per heavy atom. The van der Waals surface area contributed by atoms with E-state index >= 15 is 0 Å². The molecule has 0 aliphatic carbocycles. The molecular weight excluding hydrogens is 324 g/mol. The van der Waals surface area contributed by atoms with Crippen molar-refractivity contribution in [3.63, 3.8) is 0 Å². The van der Waals surface area contributed by atoms with E-state index in [-0.39, 0.29) is 12.2 Å². The molecule has 1 aromatic rings. The molecule has 0 radical (unpaired) electrons. The van der Waals surface area contributed by atoms with E-state index in [9.17, 15) is 0 Å². The van der Waals surface area contributed by atoms with Gasteiger partial charge in [0.2, 0.25) is 0 Å². The van der Waals surface area contributed by atoms with Gasteiger partial charge in [-0.1, -0.05) is 70.2 Å². The summed E-state index contributed by atoms with van der Waals surface area (Å²) in [6.07, 6.45) is 1.20. The topological polar surface area (TPSA) is 27.7 Å². The van der Waals surface area contributed by atoms with Crippen LogP contribution in [-0.4, -0.2) is 24.6 Å². The predicted molar refractivity (Wildman–Crippen MR) is 107 cm³/mol. The summed E-state index contributed by atoms with van der Waals surface area (Å²) >= 11 is 0. The molecule has 1 saturated heterocycles. The highest BCUT2D eigenvalue weighted by Gasteiger charge is 2.42. The quantitative estimate of drug-likeness (QED) is 0.565. The minimum absolute atomic E-state index is 0.134. The van der Waals surface area contributed by atoms with Crippen LogP contribution in [0.2, 0.25) is 0 Å². The largest absolute Gasteiger partial charge is 0.376 e. The first-order chi connectivity index (χ1) is 12.2. The van der Waals surface area contributed by atoms with Crippen molar-refractivity contribution >= 4 is 0 Å². The second-order valence-electron chi connectivity index (χ2n) is 8.51. The molecule has 3 nitrogen and oxygen atoms in total. The maximum absolute atomic E-state index is 6.24. The average molecular weight is 361 g/mol. The van der Waals surface area contributed by atoms with Crippen LogP contribution in [-0.2, 0) is 20.8 Å². The van der Waals surface area contributed by atoms with Crippen molar-refractivity contribution in [2.24, 2.45) is 17.8 Å². The monoisotopic (exact) mass is 360 g/mol. The molecule has 1 aromatic carbocycles. The summed E-state index contributed by atoms with van der Waals surface area (Å²) in [6, 6.07) is 10.3. The zero-order valence-corrected chi connectivity index (χ0v) is 17.3. The molecule has 2 rings (SSSR count). The van der Waals surface area contributed by atoms with E-state index < -0.39 is 5.79 Å². The molecule has 1 aliphatic rings. The van der Waals surface area contributed by atoms with Crippen LogP contribution in [0.25, 0.3) is 0 Å². The van der Waals surface area contributed by atoms with Crippen molar-refractivity contribution in [3.05, 3.63) is 48.0 Å². The minimum Gasteiger partial charge on any atom is -0.376 e. The molecule has 1 aliphatic heterocycles. The SMILES string of the molecule is C=C(C[C@H]1OC(C)(C)O[C@@H](C(C)C)[C@@H]1C)[C@@H](C)COCc1ccccc1. The molecule has 0 unspecified atom stereocenters. The third-order valence-corrected chi connectivity index (χ3v) is 5.26. The van der Waals surface area contributed by atoms with Gasteiger partial charge in [-0.2, -0.15) is 0 Å². The van der Waals surface area contributed by atoms with Gasteiger partial charge in [-0.15, -0.1) is 0 Å². The Bertz CT molecular complexity index is 564. The van der Waals surface area contributed by atoms with Crippen LogP contribution in [0.5, 0.6) is 0 Å². The summed E-state index contributed by atoms with van der Waals surface area (Å²) in [4.78, 5) is 0. The van der Waals surface area contributed by atoms with Crippen LogP contribution in [0.4, 0.5) is 0 Å². The lowest BCUT2D eigenvalue weighted by Crippen LogP contribution is -2.52. The number of hydrogen-bond donors (Lipinski definition) is 0. The smallest absolute Gasteiger partial charge is 0.163 e. The third-order valence-electron chi connectivity index (χ3n) is 5.26. The fourth-order valence-corrected chi connectivity index (χ4v) is 3.62. The van der Waals surface area contributed by atoms with Gasteiger partial charge in [-0.3, -0.25) is 0 Å². The highest BCUT2D eigenvalue weighted by Crippen LogP contribution is 2.37. The lowest BCUT2D eigenvalue weighted by Gasteiger charge is -2.47. The van der Waals surface area contributed by atoms with Gasteiger partial charge < -0.3 is 14.2 Å². The van der Waals surface area contributed by atoms with E-state index in [2.05, 4.69) is 46.4 Å². The van der Waals surface area contributed by atoms with E-state index in [0.717, 1.165) is 6.42 Å². The first-order valence-electron chi connectivity index (χ1n) is 9.84. The van der Waals surface area contributed by atoms with E-state index in [0.29, 0.717) is 31.0 Å². The summed E-state index contributed by atoms with van der Waals surface area (Å²) in [6.45, 7) is 18.5. The lowest BCUT2D eigenvalue weighted by atomic mass is 9.84. The van der Waals surface area contributed by atoms with Crippen LogP contribution in [0.15, 0.2) is 42.5 Å². The normalized spacial score (nSPS) is 26.7. The minimum atomic E-state index is -0.542. The Morgan fingerprint density at radius 1 is 1.15 bits per heavy atom. The Morgan fingerprint density at radius 3 is 2.42 bits per heavy atom. The van der Waals surface area contributed by atoms with E-state index in [1.54, 1.807) is 0 Å². The van der Waals surface area contributed by atoms with Crippen LogP contribution in [0.3, 0.4) is 0 Å². The van der Waals surface area contributed by atoms with Gasteiger partial charge in [-0.05, 0) is 31.7 Å². The molecule has 1 fully saturated rings. The molecule has 0 spiro atoms. The fourth-order valence-electron chi connectivity index (χ4n) is 3.62. The van der Waals surface area contributed by atoms with Crippen molar-refractivity contribution in [1.29, 1.82) is 0 Å². The zero-order valence-electron chi connectivity index (χ0n) is 17.3. The molecule has 0 amide bonds. The van der Waals surface area contributed by atoms with E-state index in [1.807, 2.05) is 32.0 Å². The lowest BCUT2D eigenvalue weighted by molar-refractivity contribution is -0.325. The Hall–Kier alpha value is -1.16. The van der Waals surface area contributed by atoms with Gasteiger partial charge in [0.1, 0.15) is 0 Å². The van der Waals surface area contributed by atoms with Gasteiger partial charge in [0.25, 0.3) is 0 Å². The second-order valence-corrected chi connectivity index (χ2v) is 8.51. The summed E-state index contributed by atoms with van der Waals surface area (Å²) in [7, 11) is 0. The second kappa shape index (κ2) is 9.16. The molecule has 3 heteroatoms. The molecule has 1 heterocycles. The first kappa shape index (κ1) is 21.1. The Kier molecular flexibility index (Phi) is 7.45. The molecule has 4 atom stereocenters. The van der Waals surface area contributed by atoms with Gasteiger partial charge in [0.05, 0.1) is 25.4 Å². The number of ether oxygens (including phenoxy) is 3. The van der Waals surface area contributed by atoms with Gasteiger partial charge in [0.15, 0.2) is 5.79 Å². The molecule has 0 aromatic heterocycles. The van der Waals surface area contributed by atoms with Crippen LogP contribution < -0.4 is 0 Å². The molecule has 0 N–H and O–H groups in total. The van der Waals surface area contributed by atoms with E-state index in [1.165, 1.54) is 11.1 Å². The number of hydrogen-bond acceptors (Lipinski definition) is 3. The average Bonchev–Trinajstić information content (AvgIpc) is 2.58. The highest BCUT2D eigenvalue weighted by atomic mass is 16.7. The summed E-state index contributed by atoms with van der Waals surface area (Å²) in [5.41, 5.74) is 2.39. The number of rotatable bonds is 8. The summed E-state index contributed by atoms with van der Waals surface area (Å²) < 4.78 is 18.3. The third kappa shape index (κ3) is 5.94. The van der Waals surface area contributed by atoms with Crippen molar-refractivity contribution in [3.8, 4) is 0 Å². The van der Waals surface area contributed by atoms with Gasteiger partial charge >= 0.3 is 0 Å². The van der Waals surface area contributed by atoms with Crippen LogP contribution in [0.1, 0.15) is 53.5 Å². The van der Waals surface area contributed by atoms with Gasteiger partial charge in [0, 0.05) is 11.8 Å². The standard InChI is InChI=1S/C23H36O3/c1-16(2)22-19(5)21(25-23(6,7)26-22)13-17(3)18(4)14-24-15-20-11-9-8-10-12-20/h8-12,16,18-19,21-22H,3,13-15H2,1-2,4-7H3/t18-,19+,21+,22-/m0/s1. The van der Waals surface area contributed by atoms with Crippen LogP contribution in [0, 0.1) is 17.8 Å². The number of benzene rings is 1. The van der Waals surface area contributed by atoms with Crippen molar-refractivity contribution in [2.45, 2.75) is 72.6 Å². The Balaban J connectivity index is 1.86. The predicted octanol–water partition coefficient (Wildman–Crippen LogP) is 5.60. The molecule has 0 bridgehead atoms. The summed E-state index contributed by atoms with van der Waals surface area (Å²) in [5, 5.41) is 0. The van der Waals surface area contributed by atoms with Crippen LogP contribution >= 0.6 is 0 Å². The van der Waals surface area contributed by atoms with Crippen molar-refractivity contribution in [1.82, 2.24) is 0 Å². The Labute approximate surface area is 159 Å². The van der Waals surface area contributed by atoms with Gasteiger partial charge in [-0.25, -0.2) is 0 Å². The van der Waals surface area contributed by atoms with E-state index in [4.69, 9.17) is 14.2 Å². The van der Waals surface area contributed by atoms with Crippen molar-refractivity contribution in [2.75, 3.05) is 6.61 Å². The first-order valence-corrected chi connectivity index (χ1v) is 9.84. The molecular formula is C23H36O3. The zero-order chi connectivity index (χ0) is 19.3. The fraction of sp³-hybridized carbons (Fsp3) is 0.652. The molecule has 0 saturated carbocycles. The summed E-state index contributed by atoms with van der Waals surface area (Å²) in [5.74, 6) is 0.574.